The van der Waals surface area contributed by atoms with Gasteiger partial charge in [0.1, 0.15) is 17.6 Å². The highest BCUT2D eigenvalue weighted by Gasteiger charge is 2.22. The van der Waals surface area contributed by atoms with Crippen LogP contribution in [0.3, 0.4) is 0 Å². The molecule has 2 aromatic heterocycles. The van der Waals surface area contributed by atoms with Crippen LogP contribution in [0, 0.1) is 17.0 Å². The summed E-state index contributed by atoms with van der Waals surface area (Å²) in [6, 6.07) is 1.33. The number of aromatic nitrogens is 2. The van der Waals surface area contributed by atoms with E-state index in [2.05, 4.69) is 20.6 Å². The van der Waals surface area contributed by atoms with Crippen molar-refractivity contribution in [3.05, 3.63) is 39.0 Å². The maximum Gasteiger partial charge on any atom is 0.300 e. The molecule has 2 aromatic rings. The Morgan fingerprint density at radius 1 is 1.40 bits per heavy atom. The highest BCUT2D eigenvalue weighted by molar-refractivity contribution is 7.15. The van der Waals surface area contributed by atoms with Crippen LogP contribution >= 0.6 is 11.3 Å². The van der Waals surface area contributed by atoms with Gasteiger partial charge in [0.05, 0.1) is 4.92 Å². The zero-order chi connectivity index (χ0) is 14.7. The average molecular weight is 293 g/mol. The lowest BCUT2D eigenvalue weighted by Gasteiger charge is -2.05. The number of amides is 1. The molecule has 2 rings (SSSR count). The molecule has 0 saturated carbocycles. The number of pyridine rings is 1. The Balaban J connectivity index is 2.34. The summed E-state index contributed by atoms with van der Waals surface area (Å²) < 4.78 is 0. The first-order valence-electron chi connectivity index (χ1n) is 5.57. The van der Waals surface area contributed by atoms with Crippen molar-refractivity contribution >= 4 is 33.9 Å². The third-order valence-electron chi connectivity index (χ3n) is 2.42. The molecule has 2 N–H and O–H groups in total. The molecule has 20 heavy (non-hydrogen) atoms. The molecule has 0 aliphatic rings. The Labute approximate surface area is 118 Å². The first-order chi connectivity index (χ1) is 9.51. The van der Waals surface area contributed by atoms with Crippen LogP contribution in [-0.4, -0.2) is 27.8 Å². The van der Waals surface area contributed by atoms with Gasteiger partial charge in [0, 0.05) is 24.2 Å². The maximum absolute atomic E-state index is 12.1. The van der Waals surface area contributed by atoms with Crippen molar-refractivity contribution in [3.63, 3.8) is 0 Å². The Kier molecular flexibility index (Phi) is 3.89. The molecule has 0 radical (unpaired) electrons. The average Bonchev–Trinajstić information content (AvgIpc) is 2.83. The second kappa shape index (κ2) is 5.61. The minimum atomic E-state index is -0.644. The van der Waals surface area contributed by atoms with Crippen LogP contribution in [0.25, 0.3) is 0 Å². The number of nitro groups is 1. The lowest BCUT2D eigenvalue weighted by molar-refractivity contribution is -0.385. The van der Waals surface area contributed by atoms with Crippen LogP contribution in [0.15, 0.2) is 18.5 Å². The fourth-order valence-corrected chi connectivity index (χ4v) is 2.15. The summed E-state index contributed by atoms with van der Waals surface area (Å²) in [5, 5.41) is 16.6. The molecule has 0 aliphatic carbocycles. The van der Waals surface area contributed by atoms with Crippen LogP contribution < -0.4 is 10.6 Å². The molecule has 0 atom stereocenters. The molecule has 9 heteroatoms. The number of rotatable bonds is 4. The summed E-state index contributed by atoms with van der Waals surface area (Å²) in [4.78, 5) is 31.1. The number of hydrogen-bond acceptors (Lipinski definition) is 7. The van der Waals surface area contributed by atoms with E-state index in [1.54, 1.807) is 13.2 Å². The number of nitrogens with zero attached hydrogens (tertiary/aromatic N) is 3. The molecule has 0 aliphatic heterocycles. The summed E-state index contributed by atoms with van der Waals surface area (Å²) in [5.74, 6) is -0.221. The van der Waals surface area contributed by atoms with Gasteiger partial charge in [0.25, 0.3) is 11.6 Å². The lowest BCUT2D eigenvalue weighted by atomic mass is 10.2. The highest BCUT2D eigenvalue weighted by Crippen LogP contribution is 2.23. The molecule has 0 spiro atoms. The van der Waals surface area contributed by atoms with Crippen molar-refractivity contribution in [2.24, 2.45) is 0 Å². The molecule has 0 bridgehead atoms. The van der Waals surface area contributed by atoms with Gasteiger partial charge in [-0.3, -0.25) is 20.2 Å². The van der Waals surface area contributed by atoms with E-state index in [4.69, 9.17) is 0 Å². The number of anilines is 2. The summed E-state index contributed by atoms with van der Waals surface area (Å²) in [6.07, 6.45) is 2.66. The third-order valence-corrected chi connectivity index (χ3v) is 3.25. The minimum absolute atomic E-state index is 0.0674. The normalized spacial score (nSPS) is 10.1. The van der Waals surface area contributed by atoms with Crippen molar-refractivity contribution in [3.8, 4) is 0 Å². The Bertz CT molecular complexity index is 670. The number of aryl methyl sites for hydroxylation is 1. The predicted octanol–water partition coefficient (Wildman–Crippen LogP) is 2.05. The summed E-state index contributed by atoms with van der Waals surface area (Å²) in [6.45, 7) is 1.85. The van der Waals surface area contributed by atoms with E-state index in [1.807, 2.05) is 6.92 Å². The number of nitrogens with one attached hydrogen (secondary N) is 2. The van der Waals surface area contributed by atoms with Crippen LogP contribution in [0.4, 0.5) is 16.6 Å². The van der Waals surface area contributed by atoms with Gasteiger partial charge in [-0.25, -0.2) is 9.97 Å². The molecule has 0 saturated heterocycles. The molecular weight excluding hydrogens is 282 g/mol. The topological polar surface area (TPSA) is 110 Å². The molecule has 0 fully saturated rings. The van der Waals surface area contributed by atoms with Crippen molar-refractivity contribution in [2.45, 2.75) is 6.92 Å². The molecule has 0 unspecified atom stereocenters. The zero-order valence-electron chi connectivity index (χ0n) is 10.7. The maximum atomic E-state index is 12.1. The largest absolute Gasteiger partial charge is 0.373 e. The molecule has 0 aromatic carbocycles. The van der Waals surface area contributed by atoms with E-state index in [-0.39, 0.29) is 11.3 Å². The first-order valence-corrected chi connectivity index (χ1v) is 6.39. The fraction of sp³-hybridized carbons (Fsp3) is 0.182. The van der Waals surface area contributed by atoms with Crippen molar-refractivity contribution in [1.29, 1.82) is 0 Å². The van der Waals surface area contributed by atoms with Crippen LogP contribution in [0.5, 0.6) is 0 Å². The Morgan fingerprint density at radius 2 is 2.15 bits per heavy atom. The number of hydrogen-bond donors (Lipinski definition) is 2. The van der Waals surface area contributed by atoms with Crippen LogP contribution in [-0.2, 0) is 0 Å². The van der Waals surface area contributed by atoms with Gasteiger partial charge in [0.15, 0.2) is 5.13 Å². The standard InChI is InChI=1S/C11H11N5O3S/c1-6-4-14-11(20-6)15-10(17)7-3-9(12-2)13-5-8(7)16(18)19/h3-5H,1-2H3,(H,12,13)(H,14,15,17). The quantitative estimate of drug-likeness (QED) is 0.659. The molecule has 2 heterocycles. The van der Waals surface area contributed by atoms with Gasteiger partial charge < -0.3 is 5.32 Å². The van der Waals surface area contributed by atoms with Crippen molar-refractivity contribution in [2.75, 3.05) is 17.7 Å². The lowest BCUT2D eigenvalue weighted by Crippen LogP contribution is -2.14. The van der Waals surface area contributed by atoms with E-state index >= 15 is 0 Å². The molecular formula is C11H11N5O3S. The van der Waals surface area contributed by atoms with E-state index in [0.717, 1.165) is 11.1 Å². The van der Waals surface area contributed by atoms with Gasteiger partial charge in [-0.15, -0.1) is 11.3 Å². The first kappa shape index (κ1) is 13.9. The number of thiazole rings is 1. The van der Waals surface area contributed by atoms with Gasteiger partial charge >= 0.3 is 0 Å². The van der Waals surface area contributed by atoms with Crippen molar-refractivity contribution in [1.82, 2.24) is 9.97 Å². The second-order valence-electron chi connectivity index (χ2n) is 3.82. The highest BCUT2D eigenvalue weighted by atomic mass is 32.1. The summed E-state index contributed by atoms with van der Waals surface area (Å²) in [5.41, 5.74) is -0.419. The van der Waals surface area contributed by atoms with Gasteiger partial charge in [-0.05, 0) is 6.92 Å². The summed E-state index contributed by atoms with van der Waals surface area (Å²) in [7, 11) is 1.61. The van der Waals surface area contributed by atoms with Gasteiger partial charge in [-0.2, -0.15) is 0 Å². The van der Waals surface area contributed by atoms with Crippen LogP contribution in [0.1, 0.15) is 15.2 Å². The molecule has 8 nitrogen and oxygen atoms in total. The van der Waals surface area contributed by atoms with Gasteiger partial charge in [0.2, 0.25) is 0 Å². The SMILES string of the molecule is CNc1cc(C(=O)Nc2ncc(C)s2)c([N+](=O)[O-])cn1. The Morgan fingerprint density at radius 3 is 2.70 bits per heavy atom. The zero-order valence-corrected chi connectivity index (χ0v) is 11.5. The van der Waals surface area contributed by atoms with E-state index in [0.29, 0.717) is 10.9 Å². The Hall–Kier alpha value is -2.55. The van der Waals surface area contributed by atoms with Gasteiger partial charge in [-0.1, -0.05) is 0 Å². The smallest absolute Gasteiger partial charge is 0.300 e. The third kappa shape index (κ3) is 2.88. The summed E-state index contributed by atoms with van der Waals surface area (Å²) >= 11 is 1.29. The molecule has 1 amide bonds. The molecule has 104 valence electrons. The predicted molar refractivity (Wildman–Crippen MR) is 75.2 cm³/mol. The van der Waals surface area contributed by atoms with E-state index < -0.39 is 10.8 Å². The number of carbonyl (C=O) groups excluding carboxylic acids is 1. The second-order valence-corrected chi connectivity index (χ2v) is 5.06. The fourth-order valence-electron chi connectivity index (χ4n) is 1.49. The van der Waals surface area contributed by atoms with E-state index in [1.165, 1.54) is 17.4 Å². The van der Waals surface area contributed by atoms with Crippen LogP contribution in [0.2, 0.25) is 0 Å². The monoisotopic (exact) mass is 293 g/mol. The van der Waals surface area contributed by atoms with E-state index in [9.17, 15) is 14.9 Å². The minimum Gasteiger partial charge on any atom is -0.373 e. The van der Waals surface area contributed by atoms with Crippen molar-refractivity contribution < 1.29 is 9.72 Å². The number of carbonyl (C=O) groups is 1.